The quantitative estimate of drug-likeness (QED) is 0.414. The fraction of sp³-hybridized carbons (Fsp3) is 0.333. The van der Waals surface area contributed by atoms with Crippen LogP contribution in [-0.4, -0.2) is 48.1 Å². The number of esters is 1. The maximum atomic E-state index is 12.5. The van der Waals surface area contributed by atoms with E-state index >= 15 is 0 Å². The highest BCUT2D eigenvalue weighted by molar-refractivity contribution is 6.32. The van der Waals surface area contributed by atoms with E-state index in [4.69, 9.17) is 21.1 Å². The molecule has 2 heterocycles. The number of hydrogen-bond donors (Lipinski definition) is 0. The average molecular weight is 480 g/mol. The molecule has 6 nitrogen and oxygen atoms in total. The summed E-state index contributed by atoms with van der Waals surface area (Å²) in [6, 6.07) is 19.5. The van der Waals surface area contributed by atoms with Gasteiger partial charge in [0.25, 0.3) is 0 Å². The number of pyridine rings is 1. The number of anilines is 1. The minimum absolute atomic E-state index is 0.164. The summed E-state index contributed by atoms with van der Waals surface area (Å²) in [5, 5.41) is 0.616. The molecule has 178 valence electrons. The lowest BCUT2D eigenvalue weighted by Crippen LogP contribution is -2.46. The van der Waals surface area contributed by atoms with Gasteiger partial charge in [0.05, 0.1) is 11.1 Å². The molecule has 0 bridgehead atoms. The van der Waals surface area contributed by atoms with E-state index in [1.807, 2.05) is 38.1 Å². The molecule has 1 aliphatic heterocycles. The van der Waals surface area contributed by atoms with Gasteiger partial charge in [-0.25, -0.2) is 9.78 Å². The first-order valence-corrected chi connectivity index (χ1v) is 12.0. The highest BCUT2D eigenvalue weighted by atomic mass is 35.5. The van der Waals surface area contributed by atoms with Crippen LogP contribution < -0.4 is 9.64 Å². The van der Waals surface area contributed by atoms with Gasteiger partial charge in [0.1, 0.15) is 23.7 Å². The van der Waals surface area contributed by atoms with Crippen LogP contribution >= 0.6 is 11.6 Å². The molecule has 0 unspecified atom stereocenters. The molecule has 7 heteroatoms. The number of carbonyl (C=O) groups excluding carboxylic acids is 1. The Balaban J connectivity index is 1.33. The summed E-state index contributed by atoms with van der Waals surface area (Å²) in [6.45, 7) is 8.40. The second-order valence-electron chi connectivity index (χ2n) is 8.63. The van der Waals surface area contributed by atoms with E-state index in [1.165, 1.54) is 5.56 Å². The second kappa shape index (κ2) is 11.4. The monoisotopic (exact) mass is 479 g/mol. The molecule has 1 fully saturated rings. The number of ether oxygens (including phenoxy) is 2. The predicted molar refractivity (Wildman–Crippen MR) is 135 cm³/mol. The Bertz CT molecular complexity index is 1110. The minimum atomic E-state index is -0.323. The number of hydrogen-bond acceptors (Lipinski definition) is 6. The van der Waals surface area contributed by atoms with E-state index in [0.717, 1.165) is 38.3 Å². The van der Waals surface area contributed by atoms with E-state index in [-0.39, 0.29) is 12.1 Å². The van der Waals surface area contributed by atoms with Crippen molar-refractivity contribution in [3.8, 4) is 5.75 Å². The summed E-state index contributed by atoms with van der Waals surface area (Å²) >= 11 is 6.19. The van der Waals surface area contributed by atoms with Gasteiger partial charge in [-0.1, -0.05) is 48.0 Å². The van der Waals surface area contributed by atoms with Crippen molar-refractivity contribution >= 4 is 23.4 Å². The summed E-state index contributed by atoms with van der Waals surface area (Å²) in [6.07, 6.45) is 1.56. The van der Waals surface area contributed by atoms with Crippen molar-refractivity contribution in [1.29, 1.82) is 0 Å². The molecule has 0 amide bonds. The normalized spacial score (nSPS) is 14.3. The van der Waals surface area contributed by atoms with Crippen LogP contribution in [0, 0.1) is 0 Å². The summed E-state index contributed by atoms with van der Waals surface area (Å²) < 4.78 is 11.3. The Morgan fingerprint density at radius 3 is 2.53 bits per heavy atom. The van der Waals surface area contributed by atoms with Crippen LogP contribution in [0.2, 0.25) is 5.02 Å². The molecule has 34 heavy (non-hydrogen) atoms. The molecule has 0 spiro atoms. The zero-order chi connectivity index (χ0) is 23.9. The highest BCUT2D eigenvalue weighted by Crippen LogP contribution is 2.25. The minimum Gasteiger partial charge on any atom is -0.487 e. The molecule has 0 N–H and O–H groups in total. The fourth-order valence-corrected chi connectivity index (χ4v) is 4.19. The lowest BCUT2D eigenvalue weighted by Gasteiger charge is -2.36. The number of benzene rings is 2. The largest absolute Gasteiger partial charge is 0.487 e. The van der Waals surface area contributed by atoms with Gasteiger partial charge in [0.2, 0.25) is 0 Å². The molecule has 2 aromatic carbocycles. The maximum absolute atomic E-state index is 12.5. The number of nitrogens with zero attached hydrogens (tertiary/aromatic N) is 3. The number of piperazine rings is 1. The molecule has 0 aliphatic carbocycles. The van der Waals surface area contributed by atoms with Gasteiger partial charge in [-0.3, -0.25) is 4.90 Å². The summed E-state index contributed by atoms with van der Waals surface area (Å²) in [5.74, 6) is 1.07. The van der Waals surface area contributed by atoms with Crippen LogP contribution in [0.4, 0.5) is 5.82 Å². The molecule has 1 aliphatic rings. The molecule has 1 aromatic heterocycles. The van der Waals surface area contributed by atoms with E-state index in [1.54, 1.807) is 18.3 Å². The number of para-hydroxylation sites is 1. The SMILES string of the molecule is CC(C)OC(=O)c1cccnc1N1CCN(Cc2cccc(COc3ccccc3Cl)c2)CC1. The van der Waals surface area contributed by atoms with Crippen LogP contribution in [0.5, 0.6) is 5.75 Å². The Morgan fingerprint density at radius 2 is 1.76 bits per heavy atom. The summed E-state index contributed by atoms with van der Waals surface area (Å²) in [5.41, 5.74) is 2.88. The summed E-state index contributed by atoms with van der Waals surface area (Å²) in [7, 11) is 0. The number of halogens is 1. The van der Waals surface area contributed by atoms with Gasteiger partial charge in [-0.15, -0.1) is 0 Å². The lowest BCUT2D eigenvalue weighted by atomic mass is 10.1. The van der Waals surface area contributed by atoms with Crippen molar-refractivity contribution in [3.05, 3.63) is 88.6 Å². The summed E-state index contributed by atoms with van der Waals surface area (Å²) in [4.78, 5) is 21.6. The van der Waals surface area contributed by atoms with Gasteiger partial charge in [-0.05, 0) is 49.2 Å². The molecular weight excluding hydrogens is 450 g/mol. The predicted octanol–water partition coefficient (Wildman–Crippen LogP) is 5.20. The standard InChI is InChI=1S/C27H30ClN3O3/c1-20(2)34-27(32)23-9-6-12-29-26(23)31-15-13-30(14-16-31)18-21-7-5-8-22(17-21)19-33-25-11-4-3-10-24(25)28/h3-12,17,20H,13-16,18-19H2,1-2H3. The van der Waals surface area contributed by atoms with Crippen molar-refractivity contribution in [3.63, 3.8) is 0 Å². The third-order valence-corrected chi connectivity index (χ3v) is 5.96. The van der Waals surface area contributed by atoms with Crippen molar-refractivity contribution < 1.29 is 14.3 Å². The van der Waals surface area contributed by atoms with E-state index in [9.17, 15) is 4.79 Å². The fourth-order valence-electron chi connectivity index (χ4n) is 4.00. The van der Waals surface area contributed by atoms with Gasteiger partial charge in [0.15, 0.2) is 0 Å². The molecule has 0 radical (unpaired) electrons. The smallest absolute Gasteiger partial charge is 0.342 e. The van der Waals surface area contributed by atoms with Crippen molar-refractivity contribution in [2.45, 2.75) is 33.1 Å². The molecule has 0 atom stereocenters. The molecule has 1 saturated heterocycles. The topological polar surface area (TPSA) is 54.9 Å². The highest BCUT2D eigenvalue weighted by Gasteiger charge is 2.23. The molecule has 4 rings (SSSR count). The second-order valence-corrected chi connectivity index (χ2v) is 9.04. The van der Waals surface area contributed by atoms with Crippen LogP contribution in [0.25, 0.3) is 0 Å². The molecule has 3 aromatic rings. The van der Waals surface area contributed by atoms with E-state index < -0.39 is 0 Å². The first kappa shape index (κ1) is 24.0. The first-order valence-electron chi connectivity index (χ1n) is 11.6. The molecular formula is C27H30ClN3O3. The van der Waals surface area contributed by atoms with Gasteiger partial charge in [0, 0.05) is 38.9 Å². The lowest BCUT2D eigenvalue weighted by molar-refractivity contribution is 0.0378. The number of rotatable bonds is 8. The first-order chi connectivity index (χ1) is 16.5. The Hall–Kier alpha value is -3.09. The number of aromatic nitrogens is 1. The molecule has 0 saturated carbocycles. The van der Waals surface area contributed by atoms with Crippen molar-refractivity contribution in [1.82, 2.24) is 9.88 Å². The van der Waals surface area contributed by atoms with Crippen molar-refractivity contribution in [2.75, 3.05) is 31.1 Å². The van der Waals surface area contributed by atoms with Crippen LogP contribution in [0.3, 0.4) is 0 Å². The van der Waals surface area contributed by atoms with Gasteiger partial charge < -0.3 is 14.4 Å². The Labute approximate surface area is 206 Å². The Kier molecular flexibility index (Phi) is 8.03. The van der Waals surface area contributed by atoms with Crippen molar-refractivity contribution in [2.24, 2.45) is 0 Å². The van der Waals surface area contributed by atoms with E-state index in [2.05, 4.69) is 39.0 Å². The third-order valence-electron chi connectivity index (χ3n) is 5.65. The Morgan fingerprint density at radius 1 is 1.00 bits per heavy atom. The van der Waals surface area contributed by atoms with E-state index in [0.29, 0.717) is 28.8 Å². The van der Waals surface area contributed by atoms with Gasteiger partial charge >= 0.3 is 5.97 Å². The number of carbonyl (C=O) groups is 1. The van der Waals surface area contributed by atoms with Crippen LogP contribution in [0.1, 0.15) is 35.3 Å². The van der Waals surface area contributed by atoms with Crippen LogP contribution in [0.15, 0.2) is 66.9 Å². The zero-order valence-electron chi connectivity index (χ0n) is 19.6. The van der Waals surface area contributed by atoms with Gasteiger partial charge in [-0.2, -0.15) is 0 Å². The average Bonchev–Trinajstić information content (AvgIpc) is 2.84. The zero-order valence-corrected chi connectivity index (χ0v) is 20.4. The third kappa shape index (κ3) is 6.27. The van der Waals surface area contributed by atoms with Crippen LogP contribution in [-0.2, 0) is 17.9 Å². The maximum Gasteiger partial charge on any atom is 0.342 e.